The van der Waals surface area contributed by atoms with Crippen LogP contribution >= 0.6 is 0 Å². The molecule has 0 bridgehead atoms. The van der Waals surface area contributed by atoms with Crippen molar-refractivity contribution in [2.24, 2.45) is 29.1 Å². The van der Waals surface area contributed by atoms with E-state index in [-0.39, 0.29) is 5.41 Å². The summed E-state index contributed by atoms with van der Waals surface area (Å²) in [5.74, 6) is 4.95. The van der Waals surface area contributed by atoms with Gasteiger partial charge in [0.25, 0.3) is 0 Å². The van der Waals surface area contributed by atoms with Gasteiger partial charge in [-0.25, -0.2) is 0 Å². The zero-order chi connectivity index (χ0) is 20.5. The van der Waals surface area contributed by atoms with Crippen LogP contribution in [0.2, 0.25) is 0 Å². The van der Waals surface area contributed by atoms with Crippen molar-refractivity contribution in [3.8, 4) is 12.3 Å². The van der Waals surface area contributed by atoms with Crippen LogP contribution in [0.4, 0.5) is 0 Å². The Hall–Kier alpha value is -1.60. The van der Waals surface area contributed by atoms with Crippen LogP contribution in [0.5, 0.6) is 0 Å². The Labute approximate surface area is 168 Å². The second-order valence-electron chi connectivity index (χ2n) is 9.45. The number of hydrogen-bond donors (Lipinski definition) is 2. The standard InChI is InChI=1S/C20H26O2.C4H8O2/c1-3-20(22)11-9-18-17-6-4-13-12-14(21)5-7-15(13)16(17)8-10-19(18,20)2;1-2-3-4(5)6/h1,12,15-18,22H,4-11H2,2H3;2-3H2,1H3,(H,5,6)/t15-,16+,17+,18-,19-,20-;/m0./s1. The molecular weight excluding hydrogens is 352 g/mol. The van der Waals surface area contributed by atoms with Crippen LogP contribution in [0.25, 0.3) is 0 Å². The molecule has 0 aromatic carbocycles. The topological polar surface area (TPSA) is 74.6 Å². The number of carbonyl (C=O) groups excluding carboxylic acids is 1. The molecule has 0 radical (unpaired) electrons. The molecule has 28 heavy (non-hydrogen) atoms. The van der Waals surface area contributed by atoms with Crippen LogP contribution in [0.15, 0.2) is 11.6 Å². The molecule has 3 saturated carbocycles. The first-order chi connectivity index (χ1) is 13.3. The summed E-state index contributed by atoms with van der Waals surface area (Å²) in [5.41, 5.74) is 0.418. The quantitative estimate of drug-likeness (QED) is 0.691. The molecule has 0 amide bonds. The summed E-state index contributed by atoms with van der Waals surface area (Å²) in [6, 6.07) is 0. The third kappa shape index (κ3) is 3.54. The smallest absolute Gasteiger partial charge is 0.303 e. The minimum Gasteiger partial charge on any atom is -0.481 e. The van der Waals surface area contributed by atoms with E-state index in [0.29, 0.717) is 35.9 Å². The van der Waals surface area contributed by atoms with Gasteiger partial charge in [0.15, 0.2) is 5.78 Å². The molecule has 4 aliphatic carbocycles. The van der Waals surface area contributed by atoms with E-state index in [2.05, 4.69) is 12.8 Å². The third-order valence-corrected chi connectivity index (χ3v) is 8.15. The number of ketones is 1. The van der Waals surface area contributed by atoms with Gasteiger partial charge in [-0.15, -0.1) is 6.42 Å². The van der Waals surface area contributed by atoms with Gasteiger partial charge in [-0.2, -0.15) is 0 Å². The predicted molar refractivity (Wildman–Crippen MR) is 108 cm³/mol. The molecule has 0 aromatic heterocycles. The lowest BCUT2D eigenvalue weighted by atomic mass is 9.50. The summed E-state index contributed by atoms with van der Waals surface area (Å²) in [4.78, 5) is 21.3. The number of carbonyl (C=O) groups is 2. The largest absolute Gasteiger partial charge is 0.481 e. The molecule has 0 aliphatic heterocycles. The molecule has 0 spiro atoms. The minimum absolute atomic E-state index is 0.103. The number of aliphatic carboxylic acids is 1. The molecule has 0 aromatic rings. The van der Waals surface area contributed by atoms with Crippen molar-refractivity contribution in [2.45, 2.75) is 83.7 Å². The van der Waals surface area contributed by atoms with Gasteiger partial charge in [0.05, 0.1) is 0 Å². The summed E-state index contributed by atoms with van der Waals surface area (Å²) >= 11 is 0. The van der Waals surface area contributed by atoms with Crippen molar-refractivity contribution >= 4 is 11.8 Å². The number of fused-ring (bicyclic) bond motifs is 5. The number of allylic oxidation sites excluding steroid dienone is 1. The van der Waals surface area contributed by atoms with Gasteiger partial charge in [-0.1, -0.05) is 25.3 Å². The molecular formula is C24H34O4. The van der Waals surface area contributed by atoms with E-state index >= 15 is 0 Å². The lowest BCUT2D eigenvalue weighted by Crippen LogP contribution is -2.52. The highest BCUT2D eigenvalue weighted by Gasteiger charge is 2.61. The Bertz CT molecular complexity index is 702. The molecule has 0 unspecified atom stereocenters. The molecule has 2 N–H and O–H groups in total. The summed E-state index contributed by atoms with van der Waals surface area (Å²) < 4.78 is 0. The van der Waals surface area contributed by atoms with Gasteiger partial charge in [0.1, 0.15) is 5.60 Å². The zero-order valence-electron chi connectivity index (χ0n) is 17.2. The van der Waals surface area contributed by atoms with E-state index in [1.54, 1.807) is 0 Å². The molecule has 4 heteroatoms. The van der Waals surface area contributed by atoms with Crippen molar-refractivity contribution < 1.29 is 19.8 Å². The van der Waals surface area contributed by atoms with Crippen LogP contribution in [-0.2, 0) is 9.59 Å². The third-order valence-electron chi connectivity index (χ3n) is 8.15. The fourth-order valence-electron chi connectivity index (χ4n) is 6.65. The first-order valence-electron chi connectivity index (χ1n) is 10.9. The fourth-order valence-corrected chi connectivity index (χ4v) is 6.65. The van der Waals surface area contributed by atoms with Gasteiger partial charge in [-0.3, -0.25) is 9.59 Å². The predicted octanol–water partition coefficient (Wildman–Crippen LogP) is 4.36. The van der Waals surface area contributed by atoms with Gasteiger partial charge in [0, 0.05) is 18.3 Å². The average Bonchev–Trinajstić information content (AvgIpc) is 2.93. The van der Waals surface area contributed by atoms with Crippen LogP contribution in [0.3, 0.4) is 0 Å². The Morgan fingerprint density at radius 1 is 1.21 bits per heavy atom. The lowest BCUT2D eigenvalue weighted by molar-refractivity contribution is -0.137. The van der Waals surface area contributed by atoms with Gasteiger partial charge < -0.3 is 10.2 Å². The van der Waals surface area contributed by atoms with Crippen molar-refractivity contribution in [1.82, 2.24) is 0 Å². The zero-order valence-corrected chi connectivity index (χ0v) is 17.2. The van der Waals surface area contributed by atoms with Crippen molar-refractivity contribution in [3.05, 3.63) is 11.6 Å². The Balaban J connectivity index is 0.000000330. The van der Waals surface area contributed by atoms with Crippen LogP contribution in [0.1, 0.15) is 78.1 Å². The molecule has 3 fully saturated rings. The lowest BCUT2D eigenvalue weighted by Gasteiger charge is -2.54. The maximum absolute atomic E-state index is 11.7. The van der Waals surface area contributed by atoms with Gasteiger partial charge in [0.2, 0.25) is 0 Å². The van der Waals surface area contributed by atoms with Crippen molar-refractivity contribution in [3.63, 3.8) is 0 Å². The van der Waals surface area contributed by atoms with Crippen molar-refractivity contribution in [2.75, 3.05) is 0 Å². The Morgan fingerprint density at radius 3 is 2.57 bits per heavy atom. The van der Waals surface area contributed by atoms with E-state index in [9.17, 15) is 14.7 Å². The Morgan fingerprint density at radius 2 is 1.96 bits per heavy atom. The highest BCUT2D eigenvalue weighted by Crippen LogP contribution is 2.64. The van der Waals surface area contributed by atoms with Crippen LogP contribution < -0.4 is 0 Å². The number of carboxylic acid groups (broad SMARTS) is 1. The van der Waals surface area contributed by atoms with Crippen molar-refractivity contribution in [1.29, 1.82) is 0 Å². The molecule has 4 rings (SSSR count). The highest BCUT2D eigenvalue weighted by molar-refractivity contribution is 5.91. The summed E-state index contributed by atoms with van der Waals surface area (Å²) in [5, 5.41) is 18.8. The second-order valence-corrected chi connectivity index (χ2v) is 9.45. The van der Waals surface area contributed by atoms with E-state index < -0.39 is 11.6 Å². The monoisotopic (exact) mass is 386 g/mol. The number of terminal acetylenes is 1. The summed E-state index contributed by atoms with van der Waals surface area (Å²) in [6.07, 6.45) is 16.8. The number of hydrogen-bond acceptors (Lipinski definition) is 3. The molecule has 4 aliphatic rings. The summed E-state index contributed by atoms with van der Waals surface area (Å²) in [6.45, 7) is 4.07. The molecule has 0 saturated heterocycles. The fraction of sp³-hybridized carbons (Fsp3) is 0.750. The molecule has 0 heterocycles. The van der Waals surface area contributed by atoms with Crippen LogP contribution in [-0.4, -0.2) is 27.6 Å². The van der Waals surface area contributed by atoms with Gasteiger partial charge in [-0.05, 0) is 81.1 Å². The van der Waals surface area contributed by atoms with E-state index in [1.165, 1.54) is 12.0 Å². The molecule has 4 nitrogen and oxygen atoms in total. The van der Waals surface area contributed by atoms with Gasteiger partial charge >= 0.3 is 5.97 Å². The SMILES string of the molecule is C#C[C@]1(O)CC[C@H]2[C@@H]3CCC4=CC(=O)CC[C@@H]4[C@H]3CC[C@@]21C.CCCC(=O)O. The highest BCUT2D eigenvalue weighted by atomic mass is 16.4. The van der Waals surface area contributed by atoms with E-state index in [1.807, 2.05) is 13.0 Å². The number of rotatable bonds is 2. The van der Waals surface area contributed by atoms with E-state index in [0.717, 1.165) is 51.4 Å². The number of aliphatic hydroxyl groups is 1. The normalized spacial score (nSPS) is 41.4. The van der Waals surface area contributed by atoms with Crippen LogP contribution in [0, 0.1) is 41.4 Å². The molecule has 6 atom stereocenters. The maximum Gasteiger partial charge on any atom is 0.303 e. The average molecular weight is 387 g/mol. The maximum atomic E-state index is 11.7. The second kappa shape index (κ2) is 8.03. The Kier molecular flexibility index (Phi) is 6.05. The minimum atomic E-state index is -0.902. The van der Waals surface area contributed by atoms with E-state index in [4.69, 9.17) is 11.5 Å². The first kappa shape index (κ1) is 21.1. The number of carboxylic acids is 1. The first-order valence-corrected chi connectivity index (χ1v) is 10.9. The summed E-state index contributed by atoms with van der Waals surface area (Å²) in [7, 11) is 0. The molecule has 154 valence electrons.